The Hall–Kier alpha value is -4.43. The number of phenolic OH excluding ortho intramolecular Hbond substituents is 1. The lowest BCUT2D eigenvalue weighted by molar-refractivity contribution is -0.155. The van der Waals surface area contributed by atoms with E-state index in [1.54, 1.807) is 18.9 Å². The van der Waals surface area contributed by atoms with Gasteiger partial charge in [-0.1, -0.05) is 17.7 Å². The van der Waals surface area contributed by atoms with Gasteiger partial charge in [-0.3, -0.25) is 15.0 Å². The van der Waals surface area contributed by atoms with Crippen molar-refractivity contribution in [2.24, 2.45) is 0 Å². The molecule has 1 aromatic heterocycles. The van der Waals surface area contributed by atoms with Crippen LogP contribution in [0.15, 0.2) is 24.3 Å². The lowest BCUT2D eigenvalue weighted by atomic mass is 9.74. The number of aryl methyl sites for hydroxylation is 2. The molecule has 12 nitrogen and oxygen atoms in total. The summed E-state index contributed by atoms with van der Waals surface area (Å²) in [5, 5.41) is 20.2. The van der Waals surface area contributed by atoms with E-state index in [9.17, 15) is 14.7 Å². The fraction of sp³-hybridized carbons (Fsp3) is 0.450. The number of benzene rings is 3. The minimum atomic E-state index is -1.17. The largest absolute Gasteiger partial charge is 0.504 e. The number of hydrogen-bond acceptors (Lipinski definition) is 12. The van der Waals surface area contributed by atoms with Gasteiger partial charge < -0.3 is 39.1 Å². The first-order valence-corrected chi connectivity index (χ1v) is 19.4. The summed E-state index contributed by atoms with van der Waals surface area (Å²) < 4.78 is 30.7. The SMILES string of the molecule is COc1c(C)cc2c(c1O)[C@H]1N[C@@H](C2)CN2C1[C@@H]1SC[C@]3(NCCc4c3[nH]c3ccc(C)cc43)C(=O)OC[C@H]2c2c3c(c(C)c(OC(C)=O)c21)OCO3. The molecule has 7 aliphatic heterocycles. The van der Waals surface area contributed by atoms with Gasteiger partial charge in [-0.2, -0.15) is 0 Å². The molecule has 0 amide bonds. The van der Waals surface area contributed by atoms with E-state index in [-0.39, 0.29) is 48.5 Å². The van der Waals surface area contributed by atoms with E-state index < -0.39 is 17.6 Å². The summed E-state index contributed by atoms with van der Waals surface area (Å²) in [6, 6.07) is 7.49. The molecule has 1 spiro atoms. The van der Waals surface area contributed by atoms with Gasteiger partial charge in [-0.15, -0.1) is 11.8 Å². The van der Waals surface area contributed by atoms with Crippen molar-refractivity contribution in [1.82, 2.24) is 20.5 Å². The second kappa shape index (κ2) is 11.8. The fourth-order valence-corrected chi connectivity index (χ4v) is 11.9. The zero-order chi connectivity index (χ0) is 36.5. The standard InChI is InChI=1S/C40H42N4O8S/c1-17-6-7-25-24(10-17)23-8-9-41-40(38(23)43-25)15-53-37-29-28(36-35(50-16-51-36)19(3)34(29)52-20(4)45)26(14-49-39(40)47)44-13-22-12-21-11-18(2)33(48-5)32(46)27(21)30(42-22)31(37)44/h6-7,10-11,22,26,30-31,37,41-43,46H,8-9,12-16H2,1-5H3/t22-,26-,30+,31?,37+,40+/m0/s1. The summed E-state index contributed by atoms with van der Waals surface area (Å²) in [4.78, 5) is 33.7. The maximum Gasteiger partial charge on any atom is 0.333 e. The number of aromatic amines is 1. The molecule has 0 aliphatic carbocycles. The zero-order valence-electron chi connectivity index (χ0n) is 30.3. The predicted molar refractivity (Wildman–Crippen MR) is 197 cm³/mol. The van der Waals surface area contributed by atoms with Crippen LogP contribution >= 0.6 is 11.8 Å². The van der Waals surface area contributed by atoms with Gasteiger partial charge in [0.05, 0.1) is 30.1 Å². The van der Waals surface area contributed by atoms with E-state index in [4.69, 9.17) is 23.7 Å². The van der Waals surface area contributed by atoms with E-state index >= 15 is 0 Å². The van der Waals surface area contributed by atoms with Crippen molar-refractivity contribution in [2.75, 3.05) is 39.4 Å². The highest BCUT2D eigenvalue weighted by atomic mass is 32.2. The number of carbonyl (C=O) groups excluding carboxylic acids is 2. The van der Waals surface area contributed by atoms with Gasteiger partial charge in [0.2, 0.25) is 6.79 Å². The molecule has 53 heavy (non-hydrogen) atoms. The molecule has 2 fully saturated rings. The van der Waals surface area contributed by atoms with Crippen molar-refractivity contribution in [3.63, 3.8) is 0 Å². The van der Waals surface area contributed by atoms with E-state index in [0.29, 0.717) is 53.8 Å². The summed E-state index contributed by atoms with van der Waals surface area (Å²) in [6.45, 7) is 8.68. The van der Waals surface area contributed by atoms with Crippen LogP contribution in [-0.4, -0.2) is 78.4 Å². The summed E-state index contributed by atoms with van der Waals surface area (Å²) in [5.41, 5.74) is 8.05. The third-order valence-electron chi connectivity index (χ3n) is 12.3. The van der Waals surface area contributed by atoms with Crippen molar-refractivity contribution in [2.45, 2.75) is 75.5 Å². The van der Waals surface area contributed by atoms with Crippen LogP contribution in [0.4, 0.5) is 0 Å². The number of carbonyl (C=O) groups is 2. The number of nitrogens with zero attached hydrogens (tertiary/aromatic N) is 1. The lowest BCUT2D eigenvalue weighted by Crippen LogP contribution is -2.65. The molecule has 0 saturated carbocycles. The average Bonchev–Trinajstić information content (AvgIpc) is 3.77. The van der Waals surface area contributed by atoms with Crippen LogP contribution in [0.1, 0.15) is 74.5 Å². The van der Waals surface area contributed by atoms with Crippen molar-refractivity contribution in [3.05, 3.63) is 74.5 Å². The van der Waals surface area contributed by atoms with Crippen LogP contribution in [0, 0.1) is 20.8 Å². The molecule has 7 aliphatic rings. The Morgan fingerprint density at radius 2 is 1.91 bits per heavy atom. The minimum Gasteiger partial charge on any atom is -0.504 e. The first-order valence-electron chi connectivity index (χ1n) is 18.3. The Balaban J connectivity index is 1.21. The van der Waals surface area contributed by atoms with Crippen LogP contribution in [0.25, 0.3) is 10.9 Å². The van der Waals surface area contributed by atoms with Gasteiger partial charge in [0.15, 0.2) is 28.5 Å². The van der Waals surface area contributed by atoms with E-state index in [1.165, 1.54) is 6.92 Å². The number of rotatable bonds is 2. The number of H-pyrrole nitrogens is 1. The number of ether oxygens (including phenoxy) is 5. The Labute approximate surface area is 310 Å². The van der Waals surface area contributed by atoms with E-state index in [1.807, 2.05) is 13.8 Å². The molecule has 276 valence electrons. The predicted octanol–water partition coefficient (Wildman–Crippen LogP) is 4.83. The molecule has 6 atom stereocenters. The molecular weight excluding hydrogens is 697 g/mol. The zero-order valence-corrected chi connectivity index (χ0v) is 31.1. The summed E-state index contributed by atoms with van der Waals surface area (Å²) in [5.74, 6) is 1.72. The summed E-state index contributed by atoms with van der Waals surface area (Å²) in [7, 11) is 1.58. The number of piperazine rings is 1. The highest BCUT2D eigenvalue weighted by Gasteiger charge is 2.58. The minimum absolute atomic E-state index is 0.0305. The molecule has 2 saturated heterocycles. The van der Waals surface area contributed by atoms with Gasteiger partial charge in [-0.25, -0.2) is 4.79 Å². The Bertz CT molecular complexity index is 2270. The number of hydrogen-bond donors (Lipinski definition) is 4. The van der Waals surface area contributed by atoms with E-state index in [0.717, 1.165) is 62.0 Å². The molecule has 3 aromatic carbocycles. The summed E-state index contributed by atoms with van der Waals surface area (Å²) in [6.07, 6.45) is 1.48. The highest BCUT2D eigenvalue weighted by molar-refractivity contribution is 7.99. The van der Waals surface area contributed by atoms with E-state index in [2.05, 4.69) is 51.7 Å². The normalized spacial score (nSPS) is 28.2. The number of thioether (sulfide) groups is 1. The van der Waals surface area contributed by atoms with Crippen molar-refractivity contribution in [3.8, 4) is 28.7 Å². The number of aromatic nitrogens is 1. The Morgan fingerprint density at radius 1 is 1.08 bits per heavy atom. The molecule has 11 rings (SSSR count). The van der Waals surface area contributed by atoms with Gasteiger partial charge in [0.1, 0.15) is 12.4 Å². The number of esters is 2. The monoisotopic (exact) mass is 738 g/mol. The number of phenols is 1. The number of methoxy groups -OCH3 is 1. The molecule has 13 heteroatoms. The third kappa shape index (κ3) is 4.60. The van der Waals surface area contributed by atoms with Crippen LogP contribution in [0.5, 0.6) is 28.7 Å². The molecule has 4 N–H and O–H groups in total. The van der Waals surface area contributed by atoms with Crippen molar-refractivity contribution >= 4 is 34.6 Å². The number of nitrogens with one attached hydrogen (secondary N) is 3. The van der Waals surface area contributed by atoms with Crippen LogP contribution in [0.2, 0.25) is 0 Å². The quantitative estimate of drug-likeness (QED) is 0.165. The molecule has 4 bridgehead atoms. The summed E-state index contributed by atoms with van der Waals surface area (Å²) >= 11 is 1.64. The van der Waals surface area contributed by atoms with Crippen molar-refractivity contribution in [1.29, 1.82) is 0 Å². The Morgan fingerprint density at radius 3 is 2.72 bits per heavy atom. The van der Waals surface area contributed by atoms with Gasteiger partial charge in [0, 0.05) is 71.0 Å². The average molecular weight is 739 g/mol. The van der Waals surface area contributed by atoms with Crippen LogP contribution in [0.3, 0.4) is 0 Å². The maximum atomic E-state index is 14.7. The maximum absolute atomic E-state index is 14.7. The first kappa shape index (κ1) is 33.2. The van der Waals surface area contributed by atoms with Gasteiger partial charge >= 0.3 is 11.9 Å². The smallest absolute Gasteiger partial charge is 0.333 e. The highest BCUT2D eigenvalue weighted by Crippen LogP contribution is 2.62. The first-order chi connectivity index (χ1) is 25.6. The molecule has 4 aromatic rings. The number of aromatic hydroxyl groups is 1. The number of fused-ring (bicyclic) bond motifs is 11. The molecule has 8 heterocycles. The Kier molecular flexibility index (Phi) is 7.37. The van der Waals surface area contributed by atoms with Gasteiger partial charge in [0.25, 0.3) is 0 Å². The van der Waals surface area contributed by atoms with Gasteiger partial charge in [-0.05, 0) is 62.4 Å². The second-order valence-corrected chi connectivity index (χ2v) is 16.4. The van der Waals surface area contributed by atoms with Crippen molar-refractivity contribution < 1.29 is 38.4 Å². The van der Waals surface area contributed by atoms with Crippen LogP contribution < -0.4 is 29.6 Å². The third-order valence-corrected chi connectivity index (χ3v) is 13.7. The van der Waals surface area contributed by atoms with Crippen LogP contribution in [-0.2, 0) is 32.7 Å². The second-order valence-electron chi connectivity index (χ2n) is 15.3. The molecule has 0 radical (unpaired) electrons. The lowest BCUT2D eigenvalue weighted by Gasteiger charge is -2.57. The topological polar surface area (TPSA) is 144 Å². The molecule has 1 unspecified atom stereocenters. The fourth-order valence-electron chi connectivity index (χ4n) is 10.2. The molecular formula is C40H42N4O8S.